The van der Waals surface area contributed by atoms with Crippen LogP contribution in [0.2, 0.25) is 0 Å². The van der Waals surface area contributed by atoms with Crippen LogP contribution in [0.25, 0.3) is 10.6 Å². The van der Waals surface area contributed by atoms with Crippen LogP contribution >= 0.6 is 11.3 Å². The lowest BCUT2D eigenvalue weighted by molar-refractivity contribution is 0.0690. The molecule has 0 bridgehead atoms. The van der Waals surface area contributed by atoms with Crippen LogP contribution in [0.3, 0.4) is 0 Å². The lowest BCUT2D eigenvalue weighted by Crippen LogP contribution is -2.00. The molecule has 5 heteroatoms. The number of hydrogen-bond acceptors (Lipinski definition) is 4. The molecule has 0 radical (unpaired) electrons. The minimum atomic E-state index is -0.986. The molecule has 2 rings (SSSR count). The molecule has 0 aliphatic rings. The minimum Gasteiger partial charge on any atom is -0.508 e. The molecule has 0 saturated heterocycles. The summed E-state index contributed by atoms with van der Waals surface area (Å²) in [5, 5.41) is 19.0. The number of aromatic hydroxyl groups is 1. The highest BCUT2D eigenvalue weighted by molar-refractivity contribution is 7.15. The number of thiazole rings is 1. The highest BCUT2D eigenvalue weighted by Crippen LogP contribution is 2.30. The molecule has 94 valence electrons. The molecule has 1 aromatic heterocycles. The molecule has 0 spiro atoms. The molecule has 0 aliphatic carbocycles. The van der Waals surface area contributed by atoms with Crippen LogP contribution in [0.5, 0.6) is 5.75 Å². The van der Waals surface area contributed by atoms with Crippen molar-refractivity contribution in [3.05, 3.63) is 34.8 Å². The monoisotopic (exact) mass is 263 g/mol. The van der Waals surface area contributed by atoms with Gasteiger partial charge in [0.25, 0.3) is 0 Å². The van der Waals surface area contributed by atoms with Gasteiger partial charge in [0.2, 0.25) is 0 Å². The van der Waals surface area contributed by atoms with Gasteiger partial charge in [-0.25, -0.2) is 9.78 Å². The van der Waals surface area contributed by atoms with Crippen molar-refractivity contribution in [2.75, 3.05) is 0 Å². The zero-order chi connectivity index (χ0) is 13.1. The van der Waals surface area contributed by atoms with E-state index in [4.69, 9.17) is 5.11 Å². The van der Waals surface area contributed by atoms with Crippen LogP contribution in [0.1, 0.15) is 28.7 Å². The summed E-state index contributed by atoms with van der Waals surface area (Å²) in [5.74, 6) is -0.803. The van der Waals surface area contributed by atoms with E-state index in [9.17, 15) is 9.90 Å². The fourth-order valence-corrected chi connectivity index (χ4v) is 2.80. The Labute approximate surface area is 109 Å². The maximum Gasteiger partial charge on any atom is 0.355 e. The quantitative estimate of drug-likeness (QED) is 0.888. The maximum absolute atomic E-state index is 11.1. The molecule has 2 N–H and O–H groups in total. The second-order valence-corrected chi connectivity index (χ2v) is 4.98. The van der Waals surface area contributed by atoms with Crippen LogP contribution in [0, 0.1) is 0 Å². The summed E-state index contributed by atoms with van der Waals surface area (Å²) in [5.41, 5.74) is 0.965. The fraction of sp³-hybridized carbons (Fsp3) is 0.231. The first-order valence-electron chi connectivity index (χ1n) is 5.64. The number of hydrogen-bond donors (Lipinski definition) is 2. The Morgan fingerprint density at radius 3 is 2.56 bits per heavy atom. The lowest BCUT2D eigenvalue weighted by Gasteiger charge is -1.95. The Morgan fingerprint density at radius 1 is 1.33 bits per heavy atom. The van der Waals surface area contributed by atoms with E-state index < -0.39 is 5.97 Å². The Kier molecular flexibility index (Phi) is 3.62. The van der Waals surface area contributed by atoms with Crippen LogP contribution in [0.15, 0.2) is 24.3 Å². The summed E-state index contributed by atoms with van der Waals surface area (Å²) in [6, 6.07) is 6.60. The highest BCUT2D eigenvalue weighted by Gasteiger charge is 2.17. The van der Waals surface area contributed by atoms with E-state index in [0.717, 1.165) is 23.3 Å². The first kappa shape index (κ1) is 12.6. The van der Waals surface area contributed by atoms with E-state index in [1.165, 1.54) is 11.3 Å². The van der Waals surface area contributed by atoms with Crippen molar-refractivity contribution < 1.29 is 15.0 Å². The van der Waals surface area contributed by atoms with Crippen molar-refractivity contribution in [1.82, 2.24) is 4.98 Å². The zero-order valence-electron chi connectivity index (χ0n) is 9.88. The van der Waals surface area contributed by atoms with Crippen molar-refractivity contribution in [3.8, 4) is 16.3 Å². The third kappa shape index (κ3) is 2.51. The number of aryl methyl sites for hydroxylation is 1. The van der Waals surface area contributed by atoms with Crippen LogP contribution in [-0.4, -0.2) is 21.2 Å². The third-order valence-electron chi connectivity index (χ3n) is 2.49. The van der Waals surface area contributed by atoms with E-state index in [2.05, 4.69) is 4.98 Å². The summed E-state index contributed by atoms with van der Waals surface area (Å²) >= 11 is 1.40. The first-order valence-corrected chi connectivity index (χ1v) is 6.46. The number of rotatable bonds is 4. The molecule has 0 saturated carbocycles. The molecule has 0 atom stereocenters. The summed E-state index contributed by atoms with van der Waals surface area (Å²) in [6.45, 7) is 2.01. The van der Waals surface area contributed by atoms with Gasteiger partial charge in [-0.3, -0.25) is 0 Å². The van der Waals surface area contributed by atoms with Crippen molar-refractivity contribution in [2.45, 2.75) is 19.8 Å². The van der Waals surface area contributed by atoms with Gasteiger partial charge in [0, 0.05) is 10.4 Å². The molecular formula is C13H13NO3S. The topological polar surface area (TPSA) is 70.4 Å². The van der Waals surface area contributed by atoms with Gasteiger partial charge in [0.15, 0.2) is 5.69 Å². The van der Waals surface area contributed by atoms with Crippen LogP contribution < -0.4 is 0 Å². The average molecular weight is 263 g/mol. The number of phenolic OH excluding ortho intramolecular Hbond substituents is 1. The van der Waals surface area contributed by atoms with Gasteiger partial charge in [0.05, 0.1) is 0 Å². The molecule has 1 aromatic carbocycles. The second kappa shape index (κ2) is 5.18. The van der Waals surface area contributed by atoms with Crippen LogP contribution in [0.4, 0.5) is 0 Å². The van der Waals surface area contributed by atoms with Crippen LogP contribution in [-0.2, 0) is 6.42 Å². The average Bonchev–Trinajstić information content (AvgIpc) is 2.75. The SMILES string of the molecule is CCCc1sc(-c2ccc(O)cc2)nc1C(=O)O. The van der Waals surface area contributed by atoms with E-state index in [1.807, 2.05) is 6.92 Å². The number of carboxylic acid groups (broad SMARTS) is 1. The number of carbonyl (C=O) groups is 1. The molecule has 18 heavy (non-hydrogen) atoms. The summed E-state index contributed by atoms with van der Waals surface area (Å²) in [4.78, 5) is 16.1. The number of benzene rings is 1. The third-order valence-corrected chi connectivity index (χ3v) is 3.66. The van der Waals surface area contributed by atoms with Gasteiger partial charge >= 0.3 is 5.97 Å². The van der Waals surface area contributed by atoms with E-state index >= 15 is 0 Å². The number of aromatic carboxylic acids is 1. The normalized spacial score (nSPS) is 10.5. The van der Waals surface area contributed by atoms with Crippen molar-refractivity contribution in [3.63, 3.8) is 0 Å². The maximum atomic E-state index is 11.1. The molecule has 1 heterocycles. The van der Waals surface area contributed by atoms with E-state index in [-0.39, 0.29) is 11.4 Å². The smallest absolute Gasteiger partial charge is 0.355 e. The number of carboxylic acids is 1. The Hall–Kier alpha value is -1.88. The van der Waals surface area contributed by atoms with Gasteiger partial charge in [0.1, 0.15) is 10.8 Å². The number of aromatic nitrogens is 1. The zero-order valence-corrected chi connectivity index (χ0v) is 10.7. The number of phenols is 1. The second-order valence-electron chi connectivity index (χ2n) is 3.89. The Bertz CT molecular complexity index is 560. The van der Waals surface area contributed by atoms with Gasteiger partial charge in [-0.05, 0) is 30.7 Å². The predicted molar refractivity (Wildman–Crippen MR) is 70.2 cm³/mol. The molecule has 0 fully saturated rings. The lowest BCUT2D eigenvalue weighted by atomic mass is 10.2. The Balaban J connectivity index is 2.42. The standard InChI is InChI=1S/C13H13NO3S/c1-2-3-10-11(13(16)17)14-12(18-10)8-4-6-9(15)7-5-8/h4-7,15H,2-3H2,1H3,(H,16,17). The van der Waals surface area contributed by atoms with Gasteiger partial charge < -0.3 is 10.2 Å². The summed E-state index contributed by atoms with van der Waals surface area (Å²) < 4.78 is 0. The van der Waals surface area contributed by atoms with Crippen molar-refractivity contribution in [1.29, 1.82) is 0 Å². The fourth-order valence-electron chi connectivity index (χ4n) is 1.64. The van der Waals surface area contributed by atoms with Crippen molar-refractivity contribution >= 4 is 17.3 Å². The van der Waals surface area contributed by atoms with Crippen molar-refractivity contribution in [2.24, 2.45) is 0 Å². The molecule has 0 unspecified atom stereocenters. The minimum absolute atomic E-state index is 0.143. The molecule has 0 amide bonds. The largest absolute Gasteiger partial charge is 0.508 e. The predicted octanol–water partition coefficient (Wildman–Crippen LogP) is 3.17. The van der Waals surface area contributed by atoms with Gasteiger partial charge in [-0.1, -0.05) is 13.3 Å². The molecular weight excluding hydrogens is 250 g/mol. The Morgan fingerprint density at radius 2 is 2.00 bits per heavy atom. The number of nitrogens with zero attached hydrogens (tertiary/aromatic N) is 1. The van der Waals surface area contributed by atoms with E-state index in [1.54, 1.807) is 24.3 Å². The summed E-state index contributed by atoms with van der Waals surface area (Å²) in [6.07, 6.45) is 1.61. The van der Waals surface area contributed by atoms with Gasteiger partial charge in [-0.15, -0.1) is 11.3 Å². The van der Waals surface area contributed by atoms with Gasteiger partial charge in [-0.2, -0.15) is 0 Å². The van der Waals surface area contributed by atoms with E-state index in [0.29, 0.717) is 5.01 Å². The first-order chi connectivity index (χ1) is 8.61. The molecule has 4 nitrogen and oxygen atoms in total. The summed E-state index contributed by atoms with van der Waals surface area (Å²) in [7, 11) is 0. The molecule has 2 aromatic rings. The molecule has 0 aliphatic heterocycles. The highest BCUT2D eigenvalue weighted by atomic mass is 32.1.